The van der Waals surface area contributed by atoms with Crippen molar-refractivity contribution in [2.45, 2.75) is 13.1 Å². The molecule has 13 heavy (non-hydrogen) atoms. The highest BCUT2D eigenvalue weighted by Gasteiger charge is 2.16. The fraction of sp³-hybridized carbons (Fsp3) is 0.400. The third-order valence-corrected chi connectivity index (χ3v) is 2.29. The molecular weight excluding hydrogens is 164 g/mol. The number of rotatable bonds is 3. The van der Waals surface area contributed by atoms with Crippen LogP contribution >= 0.6 is 0 Å². The second kappa shape index (κ2) is 3.87. The van der Waals surface area contributed by atoms with Crippen molar-refractivity contribution in [3.63, 3.8) is 0 Å². The lowest BCUT2D eigenvalue weighted by Gasteiger charge is -2.14. The van der Waals surface area contributed by atoms with Gasteiger partial charge in [-0.15, -0.1) is 0 Å². The van der Waals surface area contributed by atoms with E-state index in [2.05, 4.69) is 34.7 Å². The fourth-order valence-electron chi connectivity index (χ4n) is 1.65. The minimum absolute atomic E-state index is 0.187. The van der Waals surface area contributed by atoms with Gasteiger partial charge < -0.3 is 5.11 Å². The predicted octanol–water partition coefficient (Wildman–Crippen LogP) is 0.499. The number of fused-ring (bicyclic) bond motifs is 1. The van der Waals surface area contributed by atoms with Crippen molar-refractivity contribution < 1.29 is 5.11 Å². The highest BCUT2D eigenvalue weighted by molar-refractivity contribution is 5.29. The summed E-state index contributed by atoms with van der Waals surface area (Å²) in [6.07, 6.45) is 0. The zero-order chi connectivity index (χ0) is 9.10. The summed E-state index contributed by atoms with van der Waals surface area (Å²) in [6, 6.07) is 8.43. The molecule has 1 aliphatic heterocycles. The summed E-state index contributed by atoms with van der Waals surface area (Å²) in [7, 11) is 0. The zero-order valence-electron chi connectivity index (χ0n) is 7.53. The van der Waals surface area contributed by atoms with E-state index < -0.39 is 0 Å². The first-order chi connectivity index (χ1) is 6.40. The Morgan fingerprint density at radius 1 is 1.23 bits per heavy atom. The predicted molar refractivity (Wildman–Crippen MR) is 50.8 cm³/mol. The summed E-state index contributed by atoms with van der Waals surface area (Å²) >= 11 is 0. The van der Waals surface area contributed by atoms with Crippen LogP contribution in [0.1, 0.15) is 11.1 Å². The minimum Gasteiger partial charge on any atom is -0.395 e. The van der Waals surface area contributed by atoms with Crippen LogP contribution in [0.3, 0.4) is 0 Å². The van der Waals surface area contributed by atoms with Gasteiger partial charge >= 0.3 is 0 Å². The van der Waals surface area contributed by atoms with Crippen LogP contribution in [0.2, 0.25) is 0 Å². The van der Waals surface area contributed by atoms with Crippen LogP contribution in [-0.4, -0.2) is 23.3 Å². The summed E-state index contributed by atoms with van der Waals surface area (Å²) in [5, 5.41) is 10.8. The number of hydrazine groups is 1. The van der Waals surface area contributed by atoms with Crippen LogP contribution in [0.5, 0.6) is 0 Å². The van der Waals surface area contributed by atoms with Crippen molar-refractivity contribution in [1.82, 2.24) is 10.4 Å². The molecule has 0 aliphatic carbocycles. The first-order valence-electron chi connectivity index (χ1n) is 4.56. The molecule has 0 saturated heterocycles. The molecule has 1 aliphatic rings. The topological polar surface area (TPSA) is 35.5 Å². The minimum atomic E-state index is 0.187. The molecule has 0 unspecified atom stereocenters. The van der Waals surface area contributed by atoms with Gasteiger partial charge in [0.15, 0.2) is 0 Å². The molecular formula is C10H14N2O. The van der Waals surface area contributed by atoms with Crippen molar-refractivity contribution in [3.05, 3.63) is 35.4 Å². The van der Waals surface area contributed by atoms with Crippen LogP contribution in [0, 0.1) is 0 Å². The normalized spacial score (nSPS) is 16.1. The summed E-state index contributed by atoms with van der Waals surface area (Å²) in [6.45, 7) is 2.70. The van der Waals surface area contributed by atoms with Gasteiger partial charge in [-0.1, -0.05) is 24.3 Å². The summed E-state index contributed by atoms with van der Waals surface area (Å²) in [4.78, 5) is 0. The quantitative estimate of drug-likeness (QED) is 0.707. The number of benzene rings is 1. The van der Waals surface area contributed by atoms with E-state index in [4.69, 9.17) is 5.11 Å². The fourth-order valence-corrected chi connectivity index (χ4v) is 1.65. The maximum absolute atomic E-state index is 8.65. The van der Waals surface area contributed by atoms with Crippen LogP contribution in [0.4, 0.5) is 0 Å². The lowest BCUT2D eigenvalue weighted by Crippen LogP contribution is -2.35. The molecule has 0 aromatic heterocycles. The second-order valence-electron chi connectivity index (χ2n) is 3.26. The Morgan fingerprint density at radius 3 is 2.38 bits per heavy atom. The van der Waals surface area contributed by atoms with Crippen LogP contribution < -0.4 is 5.43 Å². The number of hydrogen-bond acceptors (Lipinski definition) is 3. The molecule has 0 amide bonds. The molecule has 1 aromatic carbocycles. The van der Waals surface area contributed by atoms with Crippen molar-refractivity contribution >= 4 is 0 Å². The number of hydrogen-bond donors (Lipinski definition) is 2. The Morgan fingerprint density at radius 2 is 1.85 bits per heavy atom. The first kappa shape index (κ1) is 8.69. The van der Waals surface area contributed by atoms with Gasteiger partial charge in [-0.05, 0) is 11.1 Å². The van der Waals surface area contributed by atoms with Crippen LogP contribution in [-0.2, 0) is 13.1 Å². The molecule has 0 fully saturated rings. The summed E-state index contributed by atoms with van der Waals surface area (Å²) < 4.78 is 0. The molecule has 2 N–H and O–H groups in total. The van der Waals surface area contributed by atoms with Crippen molar-refractivity contribution in [1.29, 1.82) is 0 Å². The van der Waals surface area contributed by atoms with Gasteiger partial charge in [0.2, 0.25) is 0 Å². The van der Waals surface area contributed by atoms with E-state index in [1.165, 1.54) is 11.1 Å². The maximum Gasteiger partial charge on any atom is 0.0570 e. The largest absolute Gasteiger partial charge is 0.395 e. The van der Waals surface area contributed by atoms with E-state index in [0.29, 0.717) is 6.54 Å². The standard InChI is InChI=1S/C10H14N2O/c13-6-5-11-12-7-9-3-1-2-4-10(9)8-12/h1-4,11,13H,5-8H2. The Balaban J connectivity index is 1.97. The third-order valence-electron chi connectivity index (χ3n) is 2.29. The second-order valence-corrected chi connectivity index (χ2v) is 3.26. The number of aliphatic hydroxyl groups excluding tert-OH is 1. The Hall–Kier alpha value is -0.900. The Kier molecular flexibility index (Phi) is 2.59. The lowest BCUT2D eigenvalue weighted by molar-refractivity contribution is 0.164. The highest BCUT2D eigenvalue weighted by atomic mass is 16.3. The van der Waals surface area contributed by atoms with Crippen LogP contribution in [0.15, 0.2) is 24.3 Å². The Labute approximate surface area is 78.0 Å². The van der Waals surface area contributed by atoms with E-state index in [-0.39, 0.29) is 6.61 Å². The van der Waals surface area contributed by atoms with Gasteiger partial charge in [0.1, 0.15) is 0 Å². The summed E-state index contributed by atoms with van der Waals surface area (Å²) in [5.74, 6) is 0. The molecule has 0 spiro atoms. The van der Waals surface area contributed by atoms with Crippen molar-refractivity contribution in [2.24, 2.45) is 0 Å². The van der Waals surface area contributed by atoms with Crippen molar-refractivity contribution in [3.8, 4) is 0 Å². The molecule has 70 valence electrons. The van der Waals surface area contributed by atoms with Crippen molar-refractivity contribution in [2.75, 3.05) is 13.2 Å². The van der Waals surface area contributed by atoms with Gasteiger partial charge in [-0.2, -0.15) is 0 Å². The SMILES string of the molecule is OCCNN1Cc2ccccc2C1. The lowest BCUT2D eigenvalue weighted by atomic mass is 10.1. The molecule has 0 bridgehead atoms. The number of aliphatic hydroxyl groups is 1. The van der Waals surface area contributed by atoms with Crippen LogP contribution in [0.25, 0.3) is 0 Å². The van der Waals surface area contributed by atoms with Gasteiger partial charge in [-0.25, -0.2) is 5.01 Å². The highest BCUT2D eigenvalue weighted by Crippen LogP contribution is 2.19. The van der Waals surface area contributed by atoms with Gasteiger partial charge in [0.05, 0.1) is 6.61 Å². The molecule has 1 heterocycles. The van der Waals surface area contributed by atoms with Gasteiger partial charge in [-0.3, -0.25) is 5.43 Å². The molecule has 3 heteroatoms. The van der Waals surface area contributed by atoms with Gasteiger partial charge in [0, 0.05) is 19.6 Å². The number of nitrogens with one attached hydrogen (secondary N) is 1. The molecule has 0 atom stereocenters. The molecule has 2 rings (SSSR count). The van der Waals surface area contributed by atoms with Gasteiger partial charge in [0.25, 0.3) is 0 Å². The average Bonchev–Trinajstić information content (AvgIpc) is 2.57. The molecule has 3 nitrogen and oxygen atoms in total. The maximum atomic E-state index is 8.65. The monoisotopic (exact) mass is 178 g/mol. The van der Waals surface area contributed by atoms with E-state index in [1.807, 2.05) is 0 Å². The van der Waals surface area contributed by atoms with E-state index >= 15 is 0 Å². The van der Waals surface area contributed by atoms with E-state index in [9.17, 15) is 0 Å². The third kappa shape index (κ3) is 1.88. The Bertz CT molecular complexity index is 263. The first-order valence-corrected chi connectivity index (χ1v) is 4.56. The van der Waals surface area contributed by atoms with E-state index in [0.717, 1.165) is 13.1 Å². The number of nitrogens with zero attached hydrogens (tertiary/aromatic N) is 1. The average molecular weight is 178 g/mol. The molecule has 1 aromatic rings. The molecule has 0 radical (unpaired) electrons. The van der Waals surface area contributed by atoms with E-state index in [1.54, 1.807) is 0 Å². The molecule has 0 saturated carbocycles. The summed E-state index contributed by atoms with van der Waals surface area (Å²) in [5.41, 5.74) is 5.93. The smallest absolute Gasteiger partial charge is 0.0570 e. The zero-order valence-corrected chi connectivity index (χ0v) is 7.53.